The van der Waals surface area contributed by atoms with E-state index in [1.807, 2.05) is 0 Å². The minimum atomic E-state index is 0.478. The quantitative estimate of drug-likeness (QED) is 0.666. The van der Waals surface area contributed by atoms with Crippen molar-refractivity contribution < 1.29 is 0 Å². The van der Waals surface area contributed by atoms with Crippen LogP contribution in [0.1, 0.15) is 46.0 Å². The summed E-state index contributed by atoms with van der Waals surface area (Å²) in [5.41, 5.74) is 6.00. The van der Waals surface area contributed by atoms with Crippen molar-refractivity contribution >= 4 is 0 Å². The summed E-state index contributed by atoms with van der Waals surface area (Å²) in [4.78, 5) is 0. The number of rotatable bonds is 3. The predicted octanol–water partition coefficient (Wildman–Crippen LogP) is 2.55. The van der Waals surface area contributed by atoms with Crippen LogP contribution in [0.5, 0.6) is 0 Å². The van der Waals surface area contributed by atoms with E-state index >= 15 is 0 Å². The average Bonchev–Trinajstić information content (AvgIpc) is 2.50. The third-order valence-electron chi connectivity index (χ3n) is 3.24. The minimum absolute atomic E-state index is 0.478. The molecule has 0 aromatic rings. The van der Waals surface area contributed by atoms with Gasteiger partial charge in [-0.1, -0.05) is 26.7 Å². The first-order chi connectivity index (χ1) is 5.27. The van der Waals surface area contributed by atoms with Crippen LogP contribution < -0.4 is 5.73 Å². The Morgan fingerprint density at radius 3 is 2.55 bits per heavy atom. The molecule has 1 heteroatoms. The second-order valence-corrected chi connectivity index (χ2v) is 3.92. The maximum atomic E-state index is 6.00. The van der Waals surface area contributed by atoms with E-state index in [-0.39, 0.29) is 0 Å². The van der Waals surface area contributed by atoms with Crippen LogP contribution >= 0.6 is 0 Å². The van der Waals surface area contributed by atoms with Gasteiger partial charge in [0.25, 0.3) is 0 Å². The lowest BCUT2D eigenvalue weighted by molar-refractivity contribution is 0.399. The van der Waals surface area contributed by atoms with Crippen LogP contribution in [0.3, 0.4) is 0 Å². The van der Waals surface area contributed by atoms with E-state index in [2.05, 4.69) is 13.8 Å². The smallest absolute Gasteiger partial charge is 0.00646 e. The van der Waals surface area contributed by atoms with Gasteiger partial charge in [-0.05, 0) is 31.1 Å². The summed E-state index contributed by atoms with van der Waals surface area (Å²) in [7, 11) is 0. The van der Waals surface area contributed by atoms with Crippen LogP contribution in [0.25, 0.3) is 0 Å². The monoisotopic (exact) mass is 155 g/mol. The van der Waals surface area contributed by atoms with Gasteiger partial charge in [0.05, 0.1) is 0 Å². The van der Waals surface area contributed by atoms with Crippen LogP contribution in [0, 0.1) is 11.8 Å². The van der Waals surface area contributed by atoms with Crippen LogP contribution in [0.4, 0.5) is 0 Å². The lowest BCUT2D eigenvalue weighted by Crippen LogP contribution is -2.27. The second kappa shape index (κ2) is 4.10. The molecule has 0 radical (unpaired) electrons. The zero-order valence-corrected chi connectivity index (χ0v) is 7.84. The van der Waals surface area contributed by atoms with E-state index in [4.69, 9.17) is 5.73 Å². The summed E-state index contributed by atoms with van der Waals surface area (Å²) < 4.78 is 0. The molecule has 1 nitrogen and oxygen atoms in total. The summed E-state index contributed by atoms with van der Waals surface area (Å²) in [5, 5.41) is 0. The Morgan fingerprint density at radius 1 is 1.36 bits per heavy atom. The molecule has 11 heavy (non-hydrogen) atoms. The van der Waals surface area contributed by atoms with Gasteiger partial charge in [-0.3, -0.25) is 0 Å². The van der Waals surface area contributed by atoms with E-state index in [9.17, 15) is 0 Å². The van der Waals surface area contributed by atoms with Crippen LogP contribution in [0.2, 0.25) is 0 Å². The first kappa shape index (κ1) is 9.05. The van der Waals surface area contributed by atoms with Crippen molar-refractivity contribution in [1.29, 1.82) is 0 Å². The highest BCUT2D eigenvalue weighted by molar-refractivity contribution is 4.81. The van der Waals surface area contributed by atoms with Gasteiger partial charge in [0.1, 0.15) is 0 Å². The SMILES string of the molecule is CCC1CCC([C@@H](N)CC)C1. The first-order valence-corrected chi connectivity index (χ1v) is 5.03. The molecule has 1 aliphatic rings. The summed E-state index contributed by atoms with van der Waals surface area (Å²) in [6, 6.07) is 0.478. The lowest BCUT2D eigenvalue weighted by atomic mass is 9.95. The van der Waals surface area contributed by atoms with E-state index in [1.165, 1.54) is 25.7 Å². The fraction of sp³-hybridized carbons (Fsp3) is 1.00. The molecule has 0 heterocycles. The second-order valence-electron chi connectivity index (χ2n) is 3.92. The fourth-order valence-electron chi connectivity index (χ4n) is 2.21. The Bertz CT molecular complexity index is 111. The third kappa shape index (κ3) is 2.19. The average molecular weight is 155 g/mol. The topological polar surface area (TPSA) is 26.0 Å². The van der Waals surface area contributed by atoms with E-state index in [0.717, 1.165) is 18.3 Å². The molecule has 0 aliphatic heterocycles. The molecule has 0 bridgehead atoms. The summed E-state index contributed by atoms with van der Waals surface area (Å²) >= 11 is 0. The summed E-state index contributed by atoms with van der Waals surface area (Å²) in [6.07, 6.45) is 6.71. The highest BCUT2D eigenvalue weighted by atomic mass is 14.6. The molecule has 0 spiro atoms. The Labute approximate surface area is 70.4 Å². The molecule has 2 N–H and O–H groups in total. The van der Waals surface area contributed by atoms with Gasteiger partial charge in [0.2, 0.25) is 0 Å². The molecule has 0 amide bonds. The van der Waals surface area contributed by atoms with Crippen LogP contribution in [-0.4, -0.2) is 6.04 Å². The van der Waals surface area contributed by atoms with Gasteiger partial charge in [-0.25, -0.2) is 0 Å². The largest absolute Gasteiger partial charge is 0.327 e. The number of hydrogen-bond donors (Lipinski definition) is 1. The van der Waals surface area contributed by atoms with Crippen molar-refractivity contribution in [2.24, 2.45) is 17.6 Å². The zero-order chi connectivity index (χ0) is 8.27. The molecule has 2 unspecified atom stereocenters. The molecule has 0 saturated heterocycles. The molecule has 0 aromatic carbocycles. The highest BCUT2D eigenvalue weighted by Gasteiger charge is 2.26. The molecule has 3 atom stereocenters. The normalized spacial score (nSPS) is 34.1. The highest BCUT2D eigenvalue weighted by Crippen LogP contribution is 2.34. The van der Waals surface area contributed by atoms with Crippen LogP contribution in [0.15, 0.2) is 0 Å². The Hall–Kier alpha value is -0.0400. The first-order valence-electron chi connectivity index (χ1n) is 5.03. The van der Waals surface area contributed by atoms with Gasteiger partial charge >= 0.3 is 0 Å². The molecule has 1 aliphatic carbocycles. The lowest BCUT2D eigenvalue weighted by Gasteiger charge is -2.16. The summed E-state index contributed by atoms with van der Waals surface area (Å²) in [5.74, 6) is 1.82. The van der Waals surface area contributed by atoms with E-state index in [0.29, 0.717) is 6.04 Å². The van der Waals surface area contributed by atoms with Gasteiger partial charge in [-0.15, -0.1) is 0 Å². The Kier molecular flexibility index (Phi) is 3.38. The number of nitrogens with two attached hydrogens (primary N) is 1. The zero-order valence-electron chi connectivity index (χ0n) is 7.84. The van der Waals surface area contributed by atoms with Gasteiger partial charge in [0.15, 0.2) is 0 Å². The van der Waals surface area contributed by atoms with Crippen molar-refractivity contribution in [3.63, 3.8) is 0 Å². The Balaban J connectivity index is 2.29. The maximum Gasteiger partial charge on any atom is 0.00646 e. The van der Waals surface area contributed by atoms with Crippen molar-refractivity contribution in [1.82, 2.24) is 0 Å². The minimum Gasteiger partial charge on any atom is -0.327 e. The molecule has 1 saturated carbocycles. The molecular formula is C10H21N. The molecule has 0 aromatic heterocycles. The van der Waals surface area contributed by atoms with Gasteiger partial charge in [-0.2, -0.15) is 0 Å². The molecule has 66 valence electrons. The predicted molar refractivity (Wildman–Crippen MR) is 49.4 cm³/mol. The van der Waals surface area contributed by atoms with Crippen molar-refractivity contribution in [2.75, 3.05) is 0 Å². The summed E-state index contributed by atoms with van der Waals surface area (Å²) in [6.45, 7) is 4.49. The van der Waals surface area contributed by atoms with Crippen molar-refractivity contribution in [3.8, 4) is 0 Å². The Morgan fingerprint density at radius 2 is 2.09 bits per heavy atom. The van der Waals surface area contributed by atoms with Crippen molar-refractivity contribution in [2.45, 2.75) is 52.0 Å². The van der Waals surface area contributed by atoms with Gasteiger partial charge < -0.3 is 5.73 Å². The third-order valence-corrected chi connectivity index (χ3v) is 3.24. The molecule has 1 rings (SSSR count). The van der Waals surface area contributed by atoms with Crippen LogP contribution in [-0.2, 0) is 0 Å². The molecular weight excluding hydrogens is 134 g/mol. The fourth-order valence-corrected chi connectivity index (χ4v) is 2.21. The van der Waals surface area contributed by atoms with E-state index in [1.54, 1.807) is 0 Å². The molecule has 1 fully saturated rings. The van der Waals surface area contributed by atoms with Gasteiger partial charge in [0, 0.05) is 6.04 Å². The van der Waals surface area contributed by atoms with E-state index < -0.39 is 0 Å². The number of hydrogen-bond acceptors (Lipinski definition) is 1. The van der Waals surface area contributed by atoms with Crippen molar-refractivity contribution in [3.05, 3.63) is 0 Å². The standard InChI is InChI=1S/C10H21N/c1-3-8-5-6-9(7-8)10(11)4-2/h8-10H,3-7,11H2,1-2H3/t8?,9?,10-/m0/s1. The maximum absolute atomic E-state index is 6.00.